The molecule has 0 atom stereocenters. The van der Waals surface area contributed by atoms with Crippen LogP contribution in [-0.2, 0) is 9.53 Å². The molecule has 1 fully saturated rings. The molecule has 1 rings (SSSR count). The third-order valence-electron chi connectivity index (χ3n) is 2.12. The molecule has 0 spiro atoms. The summed E-state index contributed by atoms with van der Waals surface area (Å²) in [7, 11) is 1.31. The minimum Gasteiger partial charge on any atom is -0.468 e. The van der Waals surface area contributed by atoms with Gasteiger partial charge in [0.15, 0.2) is 0 Å². The molecule has 0 bridgehead atoms. The fraction of sp³-hybridized carbons (Fsp3) is 0.778. The molecule has 1 saturated carbocycles. The summed E-state index contributed by atoms with van der Waals surface area (Å²) in [6.07, 6.45) is 2.09. The molecule has 0 aliphatic heterocycles. The van der Waals surface area contributed by atoms with Gasteiger partial charge in [0.2, 0.25) is 0 Å². The molecule has 0 saturated heterocycles. The van der Waals surface area contributed by atoms with E-state index in [0.29, 0.717) is 12.6 Å². The van der Waals surface area contributed by atoms with E-state index in [1.807, 2.05) is 6.92 Å². The highest BCUT2D eigenvalue weighted by Crippen LogP contribution is 2.18. The molecule has 0 unspecified atom stereocenters. The quantitative estimate of drug-likeness (QED) is 0.666. The Hall–Kier alpha value is -1.26. The van der Waals surface area contributed by atoms with Gasteiger partial charge >= 0.3 is 12.0 Å². The molecule has 80 valence electrons. The van der Waals surface area contributed by atoms with Crippen LogP contribution in [0.1, 0.15) is 19.8 Å². The Morgan fingerprint density at radius 2 is 2.14 bits per heavy atom. The normalized spacial score (nSPS) is 14.7. The van der Waals surface area contributed by atoms with Crippen molar-refractivity contribution in [1.82, 2.24) is 10.2 Å². The summed E-state index contributed by atoms with van der Waals surface area (Å²) < 4.78 is 4.49. The number of rotatable bonds is 4. The average Bonchev–Trinajstić information content (AvgIpc) is 2.97. The second kappa shape index (κ2) is 4.83. The van der Waals surface area contributed by atoms with E-state index in [9.17, 15) is 9.59 Å². The van der Waals surface area contributed by atoms with Crippen LogP contribution >= 0.6 is 0 Å². The summed E-state index contributed by atoms with van der Waals surface area (Å²) in [4.78, 5) is 23.9. The van der Waals surface area contributed by atoms with Crippen molar-refractivity contribution in [2.75, 3.05) is 20.2 Å². The Bertz CT molecular complexity index is 226. The minimum atomic E-state index is -0.391. The first-order valence-electron chi connectivity index (χ1n) is 4.79. The van der Waals surface area contributed by atoms with Crippen molar-refractivity contribution in [2.24, 2.45) is 0 Å². The Morgan fingerprint density at radius 3 is 2.57 bits per heavy atom. The number of likely N-dealkylation sites (N-methyl/N-ethyl adjacent to an activating group) is 1. The van der Waals surface area contributed by atoms with Crippen molar-refractivity contribution < 1.29 is 14.3 Å². The smallest absolute Gasteiger partial charge is 0.325 e. The highest BCUT2D eigenvalue weighted by atomic mass is 16.5. The van der Waals surface area contributed by atoms with E-state index in [0.717, 1.165) is 12.8 Å². The zero-order valence-electron chi connectivity index (χ0n) is 8.58. The lowest BCUT2D eigenvalue weighted by Crippen LogP contribution is -2.43. The van der Waals surface area contributed by atoms with Gasteiger partial charge in [-0.3, -0.25) is 4.79 Å². The van der Waals surface area contributed by atoms with E-state index in [4.69, 9.17) is 0 Å². The first-order chi connectivity index (χ1) is 6.67. The SMILES string of the molecule is CCN(CC(=O)OC)C(=O)NC1CC1. The molecule has 0 heterocycles. The Kier molecular flexibility index (Phi) is 3.73. The maximum Gasteiger partial charge on any atom is 0.325 e. The fourth-order valence-corrected chi connectivity index (χ4v) is 1.04. The van der Waals surface area contributed by atoms with Gasteiger partial charge in [-0.2, -0.15) is 0 Å². The van der Waals surface area contributed by atoms with E-state index in [1.54, 1.807) is 0 Å². The molecule has 2 amide bonds. The fourth-order valence-electron chi connectivity index (χ4n) is 1.04. The molecule has 0 aromatic heterocycles. The number of nitrogens with zero attached hydrogens (tertiary/aromatic N) is 1. The van der Waals surface area contributed by atoms with Gasteiger partial charge < -0.3 is 15.0 Å². The van der Waals surface area contributed by atoms with Gasteiger partial charge in [0, 0.05) is 12.6 Å². The number of carbonyl (C=O) groups excluding carboxylic acids is 2. The Labute approximate surface area is 83.4 Å². The second-order valence-electron chi connectivity index (χ2n) is 3.31. The highest BCUT2D eigenvalue weighted by Gasteiger charge is 2.26. The van der Waals surface area contributed by atoms with Crippen LogP contribution in [0.25, 0.3) is 0 Å². The summed E-state index contributed by atoms with van der Waals surface area (Å²) in [5.74, 6) is -0.391. The maximum atomic E-state index is 11.5. The van der Waals surface area contributed by atoms with Gasteiger partial charge in [0.1, 0.15) is 6.54 Å². The molecule has 5 nitrogen and oxygen atoms in total. The van der Waals surface area contributed by atoms with E-state index in [2.05, 4.69) is 10.1 Å². The molecule has 1 aliphatic rings. The van der Waals surface area contributed by atoms with Crippen LogP contribution in [0.3, 0.4) is 0 Å². The van der Waals surface area contributed by atoms with E-state index >= 15 is 0 Å². The number of urea groups is 1. The van der Waals surface area contributed by atoms with Gasteiger partial charge in [-0.25, -0.2) is 4.79 Å². The predicted octanol–water partition coefficient (Wildman–Crippen LogP) is 0.353. The van der Waals surface area contributed by atoms with Gasteiger partial charge in [0.25, 0.3) is 0 Å². The number of nitrogens with one attached hydrogen (secondary N) is 1. The Morgan fingerprint density at radius 1 is 1.50 bits per heavy atom. The topological polar surface area (TPSA) is 58.6 Å². The van der Waals surface area contributed by atoms with Crippen molar-refractivity contribution >= 4 is 12.0 Å². The van der Waals surface area contributed by atoms with Crippen molar-refractivity contribution in [3.63, 3.8) is 0 Å². The zero-order chi connectivity index (χ0) is 10.6. The van der Waals surface area contributed by atoms with Crippen molar-refractivity contribution in [3.05, 3.63) is 0 Å². The van der Waals surface area contributed by atoms with Gasteiger partial charge in [-0.15, -0.1) is 0 Å². The first kappa shape index (κ1) is 10.8. The molecular weight excluding hydrogens is 184 g/mol. The summed E-state index contributed by atoms with van der Waals surface area (Å²) in [5, 5.41) is 2.81. The second-order valence-corrected chi connectivity index (χ2v) is 3.31. The molecule has 0 radical (unpaired) electrons. The van der Waals surface area contributed by atoms with E-state index in [-0.39, 0.29) is 12.6 Å². The summed E-state index contributed by atoms with van der Waals surface area (Å²) in [5.41, 5.74) is 0. The Balaban J connectivity index is 2.34. The number of esters is 1. The number of methoxy groups -OCH3 is 1. The van der Waals surface area contributed by atoms with Crippen LogP contribution in [0, 0.1) is 0 Å². The van der Waals surface area contributed by atoms with Gasteiger partial charge in [-0.05, 0) is 19.8 Å². The van der Waals surface area contributed by atoms with Crippen molar-refractivity contribution in [3.8, 4) is 0 Å². The number of ether oxygens (including phenoxy) is 1. The summed E-state index contributed by atoms with van der Waals surface area (Å²) in [6.45, 7) is 2.36. The van der Waals surface area contributed by atoms with Crippen LogP contribution in [0.2, 0.25) is 0 Å². The van der Waals surface area contributed by atoms with Crippen molar-refractivity contribution in [1.29, 1.82) is 0 Å². The lowest BCUT2D eigenvalue weighted by atomic mass is 10.5. The minimum absolute atomic E-state index is 0.0194. The summed E-state index contributed by atoms with van der Waals surface area (Å²) >= 11 is 0. The number of hydrogen-bond donors (Lipinski definition) is 1. The first-order valence-corrected chi connectivity index (χ1v) is 4.79. The number of amides is 2. The molecule has 1 aliphatic carbocycles. The van der Waals surface area contributed by atoms with Crippen LogP contribution in [0.5, 0.6) is 0 Å². The lowest BCUT2D eigenvalue weighted by molar-refractivity contribution is -0.141. The highest BCUT2D eigenvalue weighted by molar-refractivity contribution is 5.81. The summed E-state index contributed by atoms with van der Waals surface area (Å²) in [6, 6.07) is 0.134. The monoisotopic (exact) mass is 200 g/mol. The molecule has 0 aromatic carbocycles. The zero-order valence-corrected chi connectivity index (χ0v) is 8.58. The molecule has 14 heavy (non-hydrogen) atoms. The largest absolute Gasteiger partial charge is 0.468 e. The van der Waals surface area contributed by atoms with Crippen LogP contribution in [0.4, 0.5) is 4.79 Å². The predicted molar refractivity (Wildman–Crippen MR) is 50.8 cm³/mol. The van der Waals surface area contributed by atoms with Crippen molar-refractivity contribution in [2.45, 2.75) is 25.8 Å². The van der Waals surface area contributed by atoms with Crippen LogP contribution < -0.4 is 5.32 Å². The molecule has 0 aromatic rings. The number of carbonyl (C=O) groups is 2. The lowest BCUT2D eigenvalue weighted by Gasteiger charge is -2.19. The maximum absolute atomic E-state index is 11.5. The molecular formula is C9H16N2O3. The molecule has 5 heteroatoms. The molecule has 1 N–H and O–H groups in total. The third kappa shape index (κ3) is 3.24. The number of hydrogen-bond acceptors (Lipinski definition) is 3. The van der Waals surface area contributed by atoms with Crippen LogP contribution in [-0.4, -0.2) is 43.1 Å². The van der Waals surface area contributed by atoms with Gasteiger partial charge in [-0.1, -0.05) is 0 Å². The van der Waals surface area contributed by atoms with E-state index < -0.39 is 5.97 Å². The average molecular weight is 200 g/mol. The third-order valence-corrected chi connectivity index (χ3v) is 2.12. The standard InChI is InChI=1S/C9H16N2O3/c1-3-11(6-8(12)14-2)9(13)10-7-4-5-7/h7H,3-6H2,1-2H3,(H,10,13). The van der Waals surface area contributed by atoms with Crippen LogP contribution in [0.15, 0.2) is 0 Å². The van der Waals surface area contributed by atoms with Gasteiger partial charge in [0.05, 0.1) is 7.11 Å². The van der Waals surface area contributed by atoms with E-state index in [1.165, 1.54) is 12.0 Å².